The van der Waals surface area contributed by atoms with Crippen LogP contribution in [0.1, 0.15) is 18.5 Å². The highest BCUT2D eigenvalue weighted by atomic mass is 16.5. The molecule has 1 aromatic heterocycles. The van der Waals surface area contributed by atoms with Gasteiger partial charge in [-0.2, -0.15) is 5.10 Å². The Labute approximate surface area is 116 Å². The molecule has 0 radical (unpaired) electrons. The maximum atomic E-state index is 12.1. The van der Waals surface area contributed by atoms with Gasteiger partial charge in [-0.1, -0.05) is 0 Å². The van der Waals surface area contributed by atoms with Crippen LogP contribution >= 0.6 is 0 Å². The first-order valence-electron chi connectivity index (χ1n) is 6.35. The van der Waals surface area contributed by atoms with E-state index in [0.29, 0.717) is 25.3 Å². The molecule has 2 amide bonds. The maximum Gasteiger partial charge on any atom is 0.331 e. The molecule has 1 fully saturated rings. The van der Waals surface area contributed by atoms with Gasteiger partial charge < -0.3 is 20.1 Å². The van der Waals surface area contributed by atoms with Crippen LogP contribution in [0.25, 0.3) is 0 Å². The number of rotatable bonds is 3. The van der Waals surface area contributed by atoms with Crippen molar-refractivity contribution < 1.29 is 19.4 Å². The number of hydrogen-bond acceptors (Lipinski definition) is 4. The minimum atomic E-state index is -1.12. The molecule has 1 saturated heterocycles. The van der Waals surface area contributed by atoms with Gasteiger partial charge in [-0.3, -0.25) is 4.68 Å². The summed E-state index contributed by atoms with van der Waals surface area (Å²) in [5.41, 5.74) is 0.439. The summed E-state index contributed by atoms with van der Waals surface area (Å²) in [6.45, 7) is 3.23. The van der Waals surface area contributed by atoms with Crippen LogP contribution in [0.3, 0.4) is 0 Å². The molecule has 20 heavy (non-hydrogen) atoms. The highest BCUT2D eigenvalue weighted by molar-refractivity contribution is 5.83. The van der Waals surface area contributed by atoms with Gasteiger partial charge in [0, 0.05) is 31.9 Å². The molecule has 0 aromatic carbocycles. The van der Waals surface area contributed by atoms with Crippen molar-refractivity contribution in [2.24, 2.45) is 7.05 Å². The molecule has 2 rings (SSSR count). The highest BCUT2D eigenvalue weighted by Crippen LogP contribution is 2.13. The molecule has 2 heterocycles. The molecule has 0 saturated carbocycles. The predicted molar refractivity (Wildman–Crippen MR) is 69.1 cm³/mol. The molecule has 0 spiro atoms. The number of amides is 2. The zero-order valence-corrected chi connectivity index (χ0v) is 11.4. The van der Waals surface area contributed by atoms with E-state index in [9.17, 15) is 14.7 Å². The van der Waals surface area contributed by atoms with Crippen molar-refractivity contribution in [3.63, 3.8) is 0 Å². The zero-order valence-electron chi connectivity index (χ0n) is 11.4. The third kappa shape index (κ3) is 3.27. The third-order valence-corrected chi connectivity index (χ3v) is 3.10. The van der Waals surface area contributed by atoms with Crippen LogP contribution in [0.4, 0.5) is 4.79 Å². The molecule has 2 N–H and O–H groups in total. The number of aryl methyl sites for hydroxylation is 1. The Balaban J connectivity index is 2.04. The van der Waals surface area contributed by atoms with Gasteiger partial charge >= 0.3 is 12.0 Å². The van der Waals surface area contributed by atoms with Gasteiger partial charge in [0.25, 0.3) is 0 Å². The number of carbonyl (C=O) groups is 2. The second-order valence-electron chi connectivity index (χ2n) is 4.80. The molecule has 0 aliphatic carbocycles. The van der Waals surface area contributed by atoms with Gasteiger partial charge in [0.2, 0.25) is 0 Å². The lowest BCUT2D eigenvalue weighted by Crippen LogP contribution is -2.50. The quantitative estimate of drug-likeness (QED) is 0.812. The standard InChI is InChI=1S/C12H18N4O4/c1-8-6-16(3-4-20-8)12(19)14-10(11(17)18)9-5-13-15(2)7-9/h5,7-8,10H,3-4,6H2,1-2H3,(H,14,19)(H,17,18). The normalized spacial score (nSPS) is 20.5. The Hall–Kier alpha value is -2.09. The zero-order chi connectivity index (χ0) is 14.7. The van der Waals surface area contributed by atoms with Crippen molar-refractivity contribution >= 4 is 12.0 Å². The average Bonchev–Trinajstić information content (AvgIpc) is 2.81. The maximum absolute atomic E-state index is 12.1. The van der Waals surface area contributed by atoms with Gasteiger partial charge in [-0.25, -0.2) is 9.59 Å². The van der Waals surface area contributed by atoms with Gasteiger partial charge in [0.15, 0.2) is 6.04 Å². The van der Waals surface area contributed by atoms with E-state index >= 15 is 0 Å². The van der Waals surface area contributed by atoms with Crippen LogP contribution in [0.15, 0.2) is 12.4 Å². The summed E-state index contributed by atoms with van der Waals surface area (Å²) in [5, 5.41) is 15.7. The Morgan fingerprint density at radius 3 is 2.90 bits per heavy atom. The molecule has 1 aliphatic rings. The summed E-state index contributed by atoms with van der Waals surface area (Å²) in [7, 11) is 1.69. The van der Waals surface area contributed by atoms with E-state index < -0.39 is 18.0 Å². The van der Waals surface area contributed by atoms with E-state index in [2.05, 4.69) is 10.4 Å². The Morgan fingerprint density at radius 2 is 2.35 bits per heavy atom. The first-order chi connectivity index (χ1) is 9.47. The van der Waals surface area contributed by atoms with Gasteiger partial charge in [-0.05, 0) is 6.92 Å². The molecule has 8 nitrogen and oxygen atoms in total. The lowest BCUT2D eigenvalue weighted by molar-refractivity contribution is -0.139. The fourth-order valence-electron chi connectivity index (χ4n) is 2.09. The molecule has 2 unspecified atom stereocenters. The molecule has 1 aliphatic heterocycles. The minimum Gasteiger partial charge on any atom is -0.479 e. The largest absolute Gasteiger partial charge is 0.479 e. The van der Waals surface area contributed by atoms with Crippen LogP contribution in [-0.2, 0) is 16.6 Å². The number of nitrogens with one attached hydrogen (secondary N) is 1. The van der Waals surface area contributed by atoms with Crippen LogP contribution in [0.2, 0.25) is 0 Å². The Bertz CT molecular complexity index is 501. The number of carbonyl (C=O) groups excluding carboxylic acids is 1. The van der Waals surface area contributed by atoms with E-state index in [0.717, 1.165) is 0 Å². The molecular weight excluding hydrogens is 264 g/mol. The summed E-state index contributed by atoms with van der Waals surface area (Å²) in [5.74, 6) is -1.12. The van der Waals surface area contributed by atoms with Crippen molar-refractivity contribution in [2.45, 2.75) is 19.1 Å². The van der Waals surface area contributed by atoms with Crippen LogP contribution in [0.5, 0.6) is 0 Å². The van der Waals surface area contributed by atoms with Crippen LogP contribution in [0, 0.1) is 0 Å². The monoisotopic (exact) mass is 282 g/mol. The van der Waals surface area contributed by atoms with E-state index in [4.69, 9.17) is 4.74 Å². The van der Waals surface area contributed by atoms with Gasteiger partial charge in [0.05, 0.1) is 18.9 Å². The lowest BCUT2D eigenvalue weighted by Gasteiger charge is -2.31. The van der Waals surface area contributed by atoms with Crippen LogP contribution in [-0.4, -0.2) is 57.6 Å². The molecule has 110 valence electrons. The molecular formula is C12H18N4O4. The fourth-order valence-corrected chi connectivity index (χ4v) is 2.09. The number of carboxylic acids is 1. The minimum absolute atomic E-state index is 0.0452. The predicted octanol–water partition coefficient (Wildman–Crippen LogP) is -0.0239. The SMILES string of the molecule is CC1CN(C(=O)NC(C(=O)O)c2cnn(C)c2)CCO1. The second-order valence-corrected chi connectivity index (χ2v) is 4.80. The van der Waals surface area contributed by atoms with Crippen molar-refractivity contribution in [3.05, 3.63) is 18.0 Å². The number of urea groups is 1. The number of ether oxygens (including phenoxy) is 1. The Kier molecular flexibility index (Phi) is 4.23. The lowest BCUT2D eigenvalue weighted by atomic mass is 10.1. The van der Waals surface area contributed by atoms with Crippen LogP contribution < -0.4 is 5.32 Å². The summed E-state index contributed by atoms with van der Waals surface area (Å²) in [6.07, 6.45) is 2.96. The number of aromatic nitrogens is 2. The highest BCUT2D eigenvalue weighted by Gasteiger charge is 2.28. The number of morpholine rings is 1. The number of carboxylic acid groups (broad SMARTS) is 1. The van der Waals surface area contributed by atoms with Crippen molar-refractivity contribution in [2.75, 3.05) is 19.7 Å². The van der Waals surface area contributed by atoms with Crippen molar-refractivity contribution in [1.82, 2.24) is 20.0 Å². The molecule has 8 heteroatoms. The van der Waals surface area contributed by atoms with E-state index in [1.807, 2.05) is 6.92 Å². The van der Waals surface area contributed by atoms with E-state index in [1.165, 1.54) is 10.9 Å². The topological polar surface area (TPSA) is 96.7 Å². The summed E-state index contributed by atoms with van der Waals surface area (Å²) >= 11 is 0. The first kappa shape index (κ1) is 14.3. The fraction of sp³-hybridized carbons (Fsp3) is 0.583. The summed E-state index contributed by atoms with van der Waals surface area (Å²) in [6, 6.07) is -1.51. The Morgan fingerprint density at radius 1 is 1.60 bits per heavy atom. The summed E-state index contributed by atoms with van der Waals surface area (Å²) < 4.78 is 6.84. The second kappa shape index (κ2) is 5.91. The molecule has 1 aromatic rings. The molecule has 2 atom stereocenters. The van der Waals surface area contributed by atoms with E-state index in [1.54, 1.807) is 18.1 Å². The number of nitrogens with zero attached hydrogens (tertiary/aromatic N) is 3. The number of hydrogen-bond donors (Lipinski definition) is 2. The summed E-state index contributed by atoms with van der Waals surface area (Å²) in [4.78, 5) is 25.0. The average molecular weight is 282 g/mol. The van der Waals surface area contributed by atoms with Crippen molar-refractivity contribution in [3.8, 4) is 0 Å². The first-order valence-corrected chi connectivity index (χ1v) is 6.35. The number of aliphatic carboxylic acids is 1. The third-order valence-electron chi connectivity index (χ3n) is 3.10. The van der Waals surface area contributed by atoms with Gasteiger partial charge in [0.1, 0.15) is 0 Å². The van der Waals surface area contributed by atoms with E-state index in [-0.39, 0.29) is 6.10 Å². The molecule has 0 bridgehead atoms. The van der Waals surface area contributed by atoms with Crippen molar-refractivity contribution in [1.29, 1.82) is 0 Å². The smallest absolute Gasteiger partial charge is 0.331 e. The van der Waals surface area contributed by atoms with Gasteiger partial charge in [-0.15, -0.1) is 0 Å².